The van der Waals surface area contributed by atoms with Gasteiger partial charge < -0.3 is 5.21 Å². The first-order valence-electron chi connectivity index (χ1n) is 6.15. The topological polar surface area (TPSA) is 49.7 Å². The summed E-state index contributed by atoms with van der Waals surface area (Å²) in [5.41, 5.74) is 5.54. The molecule has 0 bridgehead atoms. The second kappa shape index (κ2) is 4.35. The van der Waals surface area contributed by atoms with Crippen LogP contribution >= 0.6 is 0 Å². The third kappa shape index (κ3) is 1.83. The van der Waals surface area contributed by atoms with Gasteiger partial charge in [-0.3, -0.25) is 4.79 Å². The Kier molecular flexibility index (Phi) is 2.67. The van der Waals surface area contributed by atoms with E-state index in [9.17, 15) is 4.79 Å². The van der Waals surface area contributed by atoms with Crippen molar-refractivity contribution in [1.82, 2.24) is 0 Å². The molecule has 94 valence electrons. The largest absolute Gasteiger partial charge is 0.411 e. The fourth-order valence-corrected chi connectivity index (χ4v) is 2.54. The molecule has 19 heavy (non-hydrogen) atoms. The summed E-state index contributed by atoms with van der Waals surface area (Å²) in [5, 5.41) is 11.6. The molecule has 0 saturated carbocycles. The van der Waals surface area contributed by atoms with Crippen molar-refractivity contribution in [3.05, 3.63) is 59.2 Å². The van der Waals surface area contributed by atoms with Crippen LogP contribution < -0.4 is 0 Å². The number of hydrogen-bond donors (Lipinski definition) is 1. The van der Waals surface area contributed by atoms with Crippen LogP contribution in [0.2, 0.25) is 0 Å². The second-order valence-corrected chi connectivity index (χ2v) is 4.72. The van der Waals surface area contributed by atoms with E-state index >= 15 is 0 Å². The number of hydrogen-bond acceptors (Lipinski definition) is 3. The molecule has 0 atom stereocenters. The number of rotatable bonds is 2. The molecule has 3 nitrogen and oxygen atoms in total. The highest BCUT2D eigenvalue weighted by Crippen LogP contribution is 2.36. The molecule has 1 aliphatic rings. The zero-order valence-electron chi connectivity index (χ0n) is 10.6. The van der Waals surface area contributed by atoms with Gasteiger partial charge in [0.25, 0.3) is 0 Å². The average molecular weight is 251 g/mol. The van der Waals surface area contributed by atoms with Gasteiger partial charge in [0.1, 0.15) is 5.71 Å². The van der Waals surface area contributed by atoms with Crippen LogP contribution in [-0.2, 0) is 6.42 Å². The van der Waals surface area contributed by atoms with Gasteiger partial charge in [0.15, 0.2) is 0 Å². The molecule has 0 spiro atoms. The summed E-state index contributed by atoms with van der Waals surface area (Å²) in [5.74, 6) is -0.235. The van der Waals surface area contributed by atoms with Crippen LogP contribution in [0.1, 0.15) is 28.4 Å². The monoisotopic (exact) mass is 251 g/mol. The number of ketones is 1. The number of oxime groups is 1. The standard InChI is InChI=1S/C16H13NO2/c1-10(17-19)16(18)12-6-7-15-13(9-12)8-11-4-2-3-5-14(11)15/h2-7,9,19H,8H2,1H3. The van der Waals surface area contributed by atoms with Crippen LogP contribution in [0.3, 0.4) is 0 Å². The molecule has 0 aliphatic heterocycles. The van der Waals surface area contributed by atoms with Gasteiger partial charge >= 0.3 is 0 Å². The molecule has 1 N–H and O–H groups in total. The minimum Gasteiger partial charge on any atom is -0.411 e. The Morgan fingerprint density at radius 2 is 1.84 bits per heavy atom. The van der Waals surface area contributed by atoms with E-state index in [4.69, 9.17) is 5.21 Å². The lowest BCUT2D eigenvalue weighted by molar-refractivity contribution is 0.106. The van der Waals surface area contributed by atoms with E-state index in [-0.39, 0.29) is 11.5 Å². The summed E-state index contributed by atoms with van der Waals surface area (Å²) in [7, 11) is 0. The first-order chi connectivity index (χ1) is 9.20. The molecule has 2 aromatic carbocycles. The van der Waals surface area contributed by atoms with Crippen molar-refractivity contribution in [3.63, 3.8) is 0 Å². The molecular weight excluding hydrogens is 238 g/mol. The quantitative estimate of drug-likeness (QED) is 0.329. The lowest BCUT2D eigenvalue weighted by Gasteiger charge is -2.04. The van der Waals surface area contributed by atoms with Gasteiger partial charge in [0, 0.05) is 5.56 Å². The Morgan fingerprint density at radius 1 is 1.11 bits per heavy atom. The third-order valence-electron chi connectivity index (χ3n) is 3.53. The van der Waals surface area contributed by atoms with Crippen molar-refractivity contribution in [1.29, 1.82) is 0 Å². The molecule has 0 heterocycles. The van der Waals surface area contributed by atoms with Crippen LogP contribution in [0.5, 0.6) is 0 Å². The molecule has 0 unspecified atom stereocenters. The number of Topliss-reactive ketones (excluding diaryl/α,β-unsaturated/α-hetero) is 1. The van der Waals surface area contributed by atoms with Crippen LogP contribution in [0.25, 0.3) is 11.1 Å². The highest BCUT2D eigenvalue weighted by molar-refractivity contribution is 6.45. The number of carbonyl (C=O) groups is 1. The molecule has 3 heteroatoms. The van der Waals surface area contributed by atoms with E-state index in [1.54, 1.807) is 6.07 Å². The van der Waals surface area contributed by atoms with Gasteiger partial charge in [0.05, 0.1) is 0 Å². The summed E-state index contributed by atoms with van der Waals surface area (Å²) in [6, 6.07) is 13.9. The summed E-state index contributed by atoms with van der Waals surface area (Å²) in [4.78, 5) is 12.0. The number of nitrogens with zero attached hydrogens (tertiary/aromatic N) is 1. The van der Waals surface area contributed by atoms with Crippen LogP contribution in [0.15, 0.2) is 47.6 Å². The maximum atomic E-state index is 12.0. The van der Waals surface area contributed by atoms with Gasteiger partial charge in [-0.05, 0) is 41.7 Å². The van der Waals surface area contributed by atoms with Gasteiger partial charge in [-0.25, -0.2) is 0 Å². The molecule has 0 fully saturated rings. The van der Waals surface area contributed by atoms with E-state index in [2.05, 4.69) is 17.3 Å². The summed E-state index contributed by atoms with van der Waals surface area (Å²) in [6.07, 6.45) is 0.849. The first-order valence-corrected chi connectivity index (χ1v) is 6.15. The van der Waals surface area contributed by atoms with Crippen molar-refractivity contribution in [2.24, 2.45) is 5.16 Å². The number of benzene rings is 2. The van der Waals surface area contributed by atoms with Crippen molar-refractivity contribution in [3.8, 4) is 11.1 Å². The van der Waals surface area contributed by atoms with E-state index in [0.717, 1.165) is 12.0 Å². The zero-order valence-corrected chi connectivity index (χ0v) is 10.6. The van der Waals surface area contributed by atoms with Gasteiger partial charge in [0.2, 0.25) is 5.78 Å². The Balaban J connectivity index is 2.05. The van der Waals surface area contributed by atoms with Gasteiger partial charge in [-0.15, -0.1) is 0 Å². The van der Waals surface area contributed by atoms with Crippen molar-refractivity contribution in [2.45, 2.75) is 13.3 Å². The average Bonchev–Trinajstić information content (AvgIpc) is 2.83. The summed E-state index contributed by atoms with van der Waals surface area (Å²) >= 11 is 0. The molecule has 0 amide bonds. The predicted octanol–water partition coefficient (Wildman–Crippen LogP) is 3.29. The van der Waals surface area contributed by atoms with E-state index in [1.807, 2.05) is 24.3 Å². The smallest absolute Gasteiger partial charge is 0.210 e. The van der Waals surface area contributed by atoms with E-state index in [1.165, 1.54) is 23.6 Å². The minimum atomic E-state index is -0.235. The Bertz CT molecular complexity index is 702. The fourth-order valence-electron chi connectivity index (χ4n) is 2.54. The molecule has 0 radical (unpaired) electrons. The van der Waals surface area contributed by atoms with E-state index < -0.39 is 0 Å². The van der Waals surface area contributed by atoms with Crippen molar-refractivity contribution >= 4 is 11.5 Å². The van der Waals surface area contributed by atoms with E-state index in [0.29, 0.717) is 5.56 Å². The predicted molar refractivity (Wildman–Crippen MR) is 73.9 cm³/mol. The normalized spacial score (nSPS) is 13.0. The number of fused-ring (bicyclic) bond motifs is 3. The molecular formula is C16H13NO2. The summed E-state index contributed by atoms with van der Waals surface area (Å²) in [6.45, 7) is 1.50. The fraction of sp³-hybridized carbons (Fsp3) is 0.125. The summed E-state index contributed by atoms with van der Waals surface area (Å²) < 4.78 is 0. The third-order valence-corrected chi connectivity index (χ3v) is 3.53. The zero-order chi connectivity index (χ0) is 13.4. The maximum Gasteiger partial charge on any atom is 0.210 e. The molecule has 1 aliphatic carbocycles. The molecule has 0 saturated heterocycles. The van der Waals surface area contributed by atoms with Gasteiger partial charge in [-0.1, -0.05) is 41.6 Å². The molecule has 2 aromatic rings. The lowest BCUT2D eigenvalue weighted by atomic mass is 10.0. The molecule has 0 aromatic heterocycles. The Hall–Kier alpha value is -2.42. The van der Waals surface area contributed by atoms with Crippen LogP contribution in [-0.4, -0.2) is 16.7 Å². The minimum absolute atomic E-state index is 0.107. The lowest BCUT2D eigenvalue weighted by Crippen LogP contribution is -2.10. The van der Waals surface area contributed by atoms with Crippen LogP contribution in [0, 0.1) is 0 Å². The van der Waals surface area contributed by atoms with Crippen molar-refractivity contribution < 1.29 is 10.0 Å². The number of carbonyl (C=O) groups excluding carboxylic acids is 1. The van der Waals surface area contributed by atoms with Crippen LogP contribution in [0.4, 0.5) is 0 Å². The van der Waals surface area contributed by atoms with Gasteiger partial charge in [-0.2, -0.15) is 0 Å². The second-order valence-electron chi connectivity index (χ2n) is 4.72. The SMILES string of the molecule is CC(=NO)C(=O)c1ccc2c(c1)Cc1ccccc1-2. The Morgan fingerprint density at radius 3 is 2.63 bits per heavy atom. The highest BCUT2D eigenvalue weighted by Gasteiger charge is 2.20. The van der Waals surface area contributed by atoms with Crippen molar-refractivity contribution in [2.75, 3.05) is 0 Å². The maximum absolute atomic E-state index is 12.0. The molecule has 3 rings (SSSR count). The first kappa shape index (κ1) is 11.7. The highest BCUT2D eigenvalue weighted by atomic mass is 16.4. The Labute approximate surface area is 111 Å².